The first-order valence-corrected chi connectivity index (χ1v) is 8.01. The summed E-state index contributed by atoms with van der Waals surface area (Å²) >= 11 is 0. The molecule has 0 aliphatic heterocycles. The average molecular weight is 351 g/mol. The molecular weight excluding hydrogens is 333 g/mol. The number of halogens is 1. The van der Waals surface area contributed by atoms with Crippen LogP contribution in [0.25, 0.3) is 11.1 Å². The number of nitrogens with two attached hydrogens (primary N) is 1. The zero-order valence-electron chi connectivity index (χ0n) is 14.5. The summed E-state index contributed by atoms with van der Waals surface area (Å²) in [6.45, 7) is 1.47. The van der Waals surface area contributed by atoms with E-state index in [1.807, 2.05) is 0 Å². The molecule has 0 unspecified atom stereocenters. The number of benzene rings is 3. The lowest BCUT2D eigenvalue weighted by Gasteiger charge is -2.14. The van der Waals surface area contributed by atoms with Crippen molar-refractivity contribution in [3.8, 4) is 28.4 Å². The normalized spacial score (nSPS) is 10.4. The number of ketones is 1. The number of nitrogen functional groups attached to an aromatic ring is 1. The third-order valence-corrected chi connectivity index (χ3v) is 3.95. The van der Waals surface area contributed by atoms with E-state index in [4.69, 9.17) is 15.2 Å². The summed E-state index contributed by atoms with van der Waals surface area (Å²) in [6, 6.07) is 16.6. The molecule has 3 rings (SSSR count). The van der Waals surface area contributed by atoms with Crippen molar-refractivity contribution in [2.24, 2.45) is 0 Å². The highest BCUT2D eigenvalue weighted by molar-refractivity contribution is 5.95. The van der Waals surface area contributed by atoms with Gasteiger partial charge in [0, 0.05) is 11.3 Å². The zero-order valence-corrected chi connectivity index (χ0v) is 14.5. The maximum absolute atomic E-state index is 15.2. The van der Waals surface area contributed by atoms with Crippen molar-refractivity contribution in [2.45, 2.75) is 6.92 Å². The van der Waals surface area contributed by atoms with Crippen molar-refractivity contribution >= 4 is 11.5 Å². The number of hydrogen-bond donors (Lipinski definition) is 1. The Labute approximate surface area is 151 Å². The van der Waals surface area contributed by atoms with E-state index in [1.165, 1.54) is 20.1 Å². The number of rotatable bonds is 5. The molecule has 0 heterocycles. The van der Waals surface area contributed by atoms with E-state index >= 15 is 4.39 Å². The largest absolute Gasteiger partial charge is 0.496 e. The van der Waals surface area contributed by atoms with Gasteiger partial charge in [-0.1, -0.05) is 18.2 Å². The monoisotopic (exact) mass is 351 g/mol. The van der Waals surface area contributed by atoms with Crippen LogP contribution in [0.1, 0.15) is 17.3 Å². The van der Waals surface area contributed by atoms with E-state index in [0.29, 0.717) is 28.3 Å². The van der Waals surface area contributed by atoms with Crippen LogP contribution in [0, 0.1) is 5.82 Å². The molecule has 4 nitrogen and oxygen atoms in total. The zero-order chi connectivity index (χ0) is 18.7. The standard InChI is InChI=1S/C21H18FNO3/c1-13(24)14-4-3-5-15(12-14)20-18(25-2)10-11-19(21(20)22)26-17-8-6-16(23)7-9-17/h3-12H,23H2,1-2H3. The van der Waals surface area contributed by atoms with E-state index in [0.717, 1.165) is 0 Å². The molecule has 2 N–H and O–H groups in total. The molecule has 3 aromatic rings. The van der Waals surface area contributed by atoms with Gasteiger partial charge in [0.25, 0.3) is 0 Å². The number of hydrogen-bond acceptors (Lipinski definition) is 4. The Morgan fingerprint density at radius 3 is 2.35 bits per heavy atom. The first-order chi connectivity index (χ1) is 12.5. The number of carbonyl (C=O) groups is 1. The highest BCUT2D eigenvalue weighted by Crippen LogP contribution is 2.39. The first kappa shape index (κ1) is 17.5. The topological polar surface area (TPSA) is 61.6 Å². The molecule has 26 heavy (non-hydrogen) atoms. The van der Waals surface area contributed by atoms with Crippen LogP contribution < -0.4 is 15.2 Å². The van der Waals surface area contributed by atoms with Crippen LogP contribution in [0.3, 0.4) is 0 Å². The second-order valence-electron chi connectivity index (χ2n) is 5.76. The van der Waals surface area contributed by atoms with E-state index < -0.39 is 5.82 Å². The molecule has 0 spiro atoms. The van der Waals surface area contributed by atoms with Gasteiger partial charge in [-0.3, -0.25) is 4.79 Å². The summed E-state index contributed by atoms with van der Waals surface area (Å²) in [6.07, 6.45) is 0. The van der Waals surface area contributed by atoms with Crippen LogP contribution in [-0.4, -0.2) is 12.9 Å². The predicted octanol–water partition coefficient (Wildman–Crippen LogP) is 5.08. The van der Waals surface area contributed by atoms with Crippen LogP contribution in [0.4, 0.5) is 10.1 Å². The van der Waals surface area contributed by atoms with Gasteiger partial charge in [-0.05, 0) is 55.0 Å². The van der Waals surface area contributed by atoms with E-state index in [2.05, 4.69) is 0 Å². The molecule has 0 aliphatic carbocycles. The van der Waals surface area contributed by atoms with Gasteiger partial charge in [0.2, 0.25) is 0 Å². The van der Waals surface area contributed by atoms with Crippen molar-refractivity contribution in [2.75, 3.05) is 12.8 Å². The number of ether oxygens (including phenoxy) is 2. The second-order valence-corrected chi connectivity index (χ2v) is 5.76. The first-order valence-electron chi connectivity index (χ1n) is 8.01. The summed E-state index contributed by atoms with van der Waals surface area (Å²) in [5.74, 6) is 0.209. The molecule has 0 aliphatic rings. The van der Waals surface area contributed by atoms with Crippen molar-refractivity contribution in [3.63, 3.8) is 0 Å². The molecular formula is C21H18FNO3. The fraction of sp³-hybridized carbons (Fsp3) is 0.0952. The van der Waals surface area contributed by atoms with Gasteiger partial charge in [0.1, 0.15) is 11.5 Å². The highest BCUT2D eigenvalue weighted by Gasteiger charge is 2.18. The van der Waals surface area contributed by atoms with Gasteiger partial charge in [-0.2, -0.15) is 0 Å². The van der Waals surface area contributed by atoms with Gasteiger partial charge in [0.05, 0.1) is 12.7 Å². The summed E-state index contributed by atoms with van der Waals surface area (Å²) in [7, 11) is 1.47. The fourth-order valence-electron chi connectivity index (χ4n) is 2.61. The van der Waals surface area contributed by atoms with Gasteiger partial charge < -0.3 is 15.2 Å². The lowest BCUT2D eigenvalue weighted by molar-refractivity contribution is 0.101. The predicted molar refractivity (Wildman–Crippen MR) is 99.3 cm³/mol. The van der Waals surface area contributed by atoms with Gasteiger partial charge in [0.15, 0.2) is 17.3 Å². The summed E-state index contributed by atoms with van der Waals surface area (Å²) in [4.78, 5) is 11.6. The summed E-state index contributed by atoms with van der Waals surface area (Å²) < 4.78 is 26.1. The lowest BCUT2D eigenvalue weighted by atomic mass is 10.00. The molecule has 0 bridgehead atoms. The number of carbonyl (C=O) groups excluding carboxylic acids is 1. The molecule has 0 fully saturated rings. The minimum absolute atomic E-state index is 0.0544. The maximum Gasteiger partial charge on any atom is 0.177 e. The van der Waals surface area contributed by atoms with Crippen LogP contribution in [-0.2, 0) is 0 Å². The van der Waals surface area contributed by atoms with E-state index in [9.17, 15) is 4.79 Å². The Morgan fingerprint density at radius 1 is 1.00 bits per heavy atom. The number of Topliss-reactive ketones (excluding diaryl/α,β-unsaturated/α-hetero) is 1. The van der Waals surface area contributed by atoms with Crippen LogP contribution in [0.2, 0.25) is 0 Å². The average Bonchev–Trinajstić information content (AvgIpc) is 2.65. The number of methoxy groups -OCH3 is 1. The number of anilines is 1. The van der Waals surface area contributed by atoms with Crippen molar-refractivity contribution in [1.29, 1.82) is 0 Å². The Kier molecular flexibility index (Phi) is 4.89. The minimum Gasteiger partial charge on any atom is -0.496 e. The maximum atomic E-state index is 15.2. The third-order valence-electron chi connectivity index (χ3n) is 3.95. The molecule has 132 valence electrons. The van der Waals surface area contributed by atoms with E-state index in [-0.39, 0.29) is 17.1 Å². The second kappa shape index (κ2) is 7.27. The third kappa shape index (κ3) is 3.52. The Balaban J connectivity index is 2.08. The van der Waals surface area contributed by atoms with Crippen LogP contribution in [0.15, 0.2) is 60.7 Å². The minimum atomic E-state index is -0.568. The molecule has 0 aromatic heterocycles. The fourth-order valence-corrected chi connectivity index (χ4v) is 2.61. The lowest BCUT2D eigenvalue weighted by Crippen LogP contribution is -1.98. The van der Waals surface area contributed by atoms with Crippen molar-refractivity contribution in [3.05, 3.63) is 72.0 Å². The smallest absolute Gasteiger partial charge is 0.177 e. The van der Waals surface area contributed by atoms with Crippen molar-refractivity contribution in [1.82, 2.24) is 0 Å². The molecule has 0 atom stereocenters. The quantitative estimate of drug-likeness (QED) is 0.514. The van der Waals surface area contributed by atoms with Crippen LogP contribution in [0.5, 0.6) is 17.2 Å². The van der Waals surface area contributed by atoms with E-state index in [1.54, 1.807) is 54.6 Å². The van der Waals surface area contributed by atoms with Crippen molar-refractivity contribution < 1.29 is 18.7 Å². The summed E-state index contributed by atoms with van der Waals surface area (Å²) in [5, 5.41) is 0. The Bertz CT molecular complexity index is 952. The Morgan fingerprint density at radius 2 is 1.69 bits per heavy atom. The molecule has 0 saturated heterocycles. The van der Waals surface area contributed by atoms with Gasteiger partial charge in [-0.25, -0.2) is 4.39 Å². The SMILES string of the molecule is COc1ccc(Oc2ccc(N)cc2)c(F)c1-c1cccc(C(C)=O)c1. The summed E-state index contributed by atoms with van der Waals surface area (Å²) in [5.41, 5.74) is 7.52. The Hall–Kier alpha value is -3.34. The molecule has 3 aromatic carbocycles. The molecule has 0 amide bonds. The van der Waals surface area contributed by atoms with Gasteiger partial charge in [-0.15, -0.1) is 0 Å². The van der Waals surface area contributed by atoms with Gasteiger partial charge >= 0.3 is 0 Å². The highest BCUT2D eigenvalue weighted by atomic mass is 19.1. The molecule has 0 radical (unpaired) electrons. The molecule has 5 heteroatoms. The van der Waals surface area contributed by atoms with Crippen LogP contribution >= 0.6 is 0 Å². The molecule has 0 saturated carbocycles.